The molecule has 28 heavy (non-hydrogen) atoms. The van der Waals surface area contributed by atoms with Gasteiger partial charge in [0.15, 0.2) is 0 Å². The molecule has 10 nitrogen and oxygen atoms in total. The van der Waals surface area contributed by atoms with Crippen molar-refractivity contribution in [2.45, 2.75) is 0 Å². The van der Waals surface area contributed by atoms with Crippen LogP contribution in [-0.4, -0.2) is 41.5 Å². The predicted molar refractivity (Wildman–Crippen MR) is 109 cm³/mol. The molecule has 1 heterocycles. The van der Waals surface area contributed by atoms with Gasteiger partial charge in [-0.3, -0.25) is 0 Å². The summed E-state index contributed by atoms with van der Waals surface area (Å²) in [7, 11) is 3.22. The Kier molecular flexibility index (Phi) is 6.03. The Bertz CT molecular complexity index is 906. The number of aromatic nitrogens is 3. The van der Waals surface area contributed by atoms with E-state index in [1.165, 1.54) is 4.68 Å². The van der Waals surface area contributed by atoms with Crippen LogP contribution in [0, 0.1) is 0 Å². The number of hydrogen-bond donors (Lipinski definition) is 3. The zero-order valence-electron chi connectivity index (χ0n) is 15.4. The second-order valence-electron chi connectivity index (χ2n) is 5.51. The quantitative estimate of drug-likeness (QED) is 0.310. The van der Waals surface area contributed by atoms with Crippen molar-refractivity contribution in [3.05, 3.63) is 59.7 Å². The first-order valence-electron chi connectivity index (χ1n) is 8.26. The molecule has 0 atom stereocenters. The van der Waals surface area contributed by atoms with Gasteiger partial charge < -0.3 is 15.3 Å². The third-order valence-electron chi connectivity index (χ3n) is 3.64. The van der Waals surface area contributed by atoms with Gasteiger partial charge >= 0.3 is 0 Å². The number of anilines is 2. The van der Waals surface area contributed by atoms with E-state index in [1.54, 1.807) is 26.6 Å². The Labute approximate surface area is 161 Å². The average Bonchev–Trinajstić information content (AvgIpc) is 3.08. The van der Waals surface area contributed by atoms with Crippen LogP contribution in [0.4, 0.5) is 11.9 Å². The van der Waals surface area contributed by atoms with Crippen molar-refractivity contribution < 1.29 is 9.47 Å². The number of nitrogens with one attached hydrogen (secondary N) is 2. The minimum Gasteiger partial charge on any atom is -0.497 e. The van der Waals surface area contributed by atoms with Crippen LogP contribution in [-0.2, 0) is 0 Å². The Morgan fingerprint density at radius 3 is 1.75 bits per heavy atom. The van der Waals surface area contributed by atoms with E-state index in [-0.39, 0.29) is 11.9 Å². The maximum atomic E-state index is 5.93. The Morgan fingerprint density at radius 2 is 1.32 bits per heavy atom. The maximum absolute atomic E-state index is 5.93. The predicted octanol–water partition coefficient (Wildman–Crippen LogP) is 1.90. The third-order valence-corrected chi connectivity index (χ3v) is 3.64. The number of ether oxygens (including phenoxy) is 2. The van der Waals surface area contributed by atoms with Gasteiger partial charge in [0.05, 0.1) is 26.6 Å². The minimum absolute atomic E-state index is 0.248. The summed E-state index contributed by atoms with van der Waals surface area (Å²) in [6, 6.07) is 14.9. The molecule has 0 spiro atoms. The molecule has 0 fully saturated rings. The van der Waals surface area contributed by atoms with E-state index in [0.717, 1.165) is 22.6 Å². The van der Waals surface area contributed by atoms with Crippen LogP contribution >= 0.6 is 0 Å². The fourth-order valence-corrected chi connectivity index (χ4v) is 2.22. The zero-order valence-corrected chi connectivity index (χ0v) is 15.4. The molecule has 0 unspecified atom stereocenters. The van der Waals surface area contributed by atoms with Crippen molar-refractivity contribution in [1.29, 1.82) is 0 Å². The van der Waals surface area contributed by atoms with E-state index >= 15 is 0 Å². The van der Waals surface area contributed by atoms with E-state index in [9.17, 15) is 0 Å². The highest BCUT2D eigenvalue weighted by Gasteiger charge is 2.07. The molecule has 0 amide bonds. The number of benzene rings is 2. The fourth-order valence-electron chi connectivity index (χ4n) is 2.22. The fraction of sp³-hybridized carbons (Fsp3) is 0.111. The number of nitrogens with zero attached hydrogens (tertiary/aromatic N) is 5. The van der Waals surface area contributed by atoms with Gasteiger partial charge in [0.25, 0.3) is 11.9 Å². The topological polar surface area (TPSA) is 124 Å². The lowest BCUT2D eigenvalue weighted by Crippen LogP contribution is -2.14. The molecule has 144 valence electrons. The average molecular weight is 380 g/mol. The number of methoxy groups -OCH3 is 2. The first-order valence-corrected chi connectivity index (χ1v) is 8.26. The smallest absolute Gasteiger partial charge is 0.265 e. The number of nitrogens with two attached hydrogens (primary N) is 1. The van der Waals surface area contributed by atoms with Gasteiger partial charge in [-0.05, 0) is 35.4 Å². The Morgan fingerprint density at radius 1 is 0.857 bits per heavy atom. The van der Waals surface area contributed by atoms with E-state index in [0.29, 0.717) is 0 Å². The first kappa shape index (κ1) is 18.7. The van der Waals surface area contributed by atoms with Gasteiger partial charge in [0.1, 0.15) is 11.5 Å². The van der Waals surface area contributed by atoms with E-state index in [1.807, 2.05) is 48.5 Å². The van der Waals surface area contributed by atoms with Crippen LogP contribution in [0.1, 0.15) is 11.1 Å². The largest absolute Gasteiger partial charge is 0.497 e. The lowest BCUT2D eigenvalue weighted by molar-refractivity contribution is 0.414. The molecule has 10 heteroatoms. The highest BCUT2D eigenvalue weighted by Crippen LogP contribution is 2.12. The Hall–Kier alpha value is -4.08. The molecule has 0 radical (unpaired) electrons. The molecule has 2 aromatic carbocycles. The molecule has 3 rings (SSSR count). The molecular formula is C18H20N8O2. The van der Waals surface area contributed by atoms with Crippen LogP contribution in [0.5, 0.6) is 11.5 Å². The summed E-state index contributed by atoms with van der Waals surface area (Å²) >= 11 is 0. The highest BCUT2D eigenvalue weighted by molar-refractivity contribution is 5.81. The van der Waals surface area contributed by atoms with Gasteiger partial charge in [-0.15, -0.1) is 10.2 Å². The van der Waals surface area contributed by atoms with Gasteiger partial charge in [-0.25, -0.2) is 10.9 Å². The van der Waals surface area contributed by atoms with E-state index in [4.69, 9.17) is 15.3 Å². The molecule has 0 aliphatic rings. The first-order chi connectivity index (χ1) is 13.7. The van der Waals surface area contributed by atoms with Gasteiger partial charge in [-0.1, -0.05) is 24.3 Å². The summed E-state index contributed by atoms with van der Waals surface area (Å²) in [6.07, 6.45) is 3.23. The minimum atomic E-state index is 0.248. The van der Waals surface area contributed by atoms with Gasteiger partial charge in [0, 0.05) is 0 Å². The molecular weight excluding hydrogens is 360 g/mol. The number of rotatable bonds is 8. The van der Waals surface area contributed by atoms with Crippen LogP contribution < -0.4 is 26.2 Å². The lowest BCUT2D eigenvalue weighted by Gasteiger charge is -2.03. The lowest BCUT2D eigenvalue weighted by atomic mass is 10.2. The van der Waals surface area contributed by atoms with Crippen LogP contribution in [0.25, 0.3) is 0 Å². The van der Waals surface area contributed by atoms with Gasteiger partial charge in [-0.2, -0.15) is 14.9 Å². The summed E-state index contributed by atoms with van der Waals surface area (Å²) in [5, 5.41) is 16.0. The maximum Gasteiger partial charge on any atom is 0.265 e. The molecule has 1 aromatic heterocycles. The summed E-state index contributed by atoms with van der Waals surface area (Å²) < 4.78 is 11.5. The molecule has 0 aliphatic heterocycles. The van der Waals surface area contributed by atoms with Crippen molar-refractivity contribution >= 4 is 24.3 Å². The number of hydrogen-bond acceptors (Lipinski definition) is 9. The number of hydrazone groups is 2. The van der Waals surface area contributed by atoms with Crippen molar-refractivity contribution in [2.24, 2.45) is 10.2 Å². The highest BCUT2D eigenvalue weighted by atomic mass is 16.5. The van der Waals surface area contributed by atoms with Crippen molar-refractivity contribution in [3.8, 4) is 11.5 Å². The van der Waals surface area contributed by atoms with Crippen LogP contribution in [0.2, 0.25) is 0 Å². The monoisotopic (exact) mass is 380 g/mol. The summed E-state index contributed by atoms with van der Waals surface area (Å²) in [4.78, 5) is 0. The molecule has 0 saturated carbocycles. The molecule has 4 N–H and O–H groups in total. The standard InChI is InChI=1S/C18H20N8O2/c1-27-15-7-3-5-13(9-15)11-20-22-17-24-25-18(26(17)19)23-21-12-14-6-4-8-16(10-14)28-2/h3-12H,19H2,1-2H3,(H,22,24)(H,23,25). The second kappa shape index (κ2) is 9.03. The van der Waals surface area contributed by atoms with Gasteiger partial charge in [0.2, 0.25) is 0 Å². The summed E-state index contributed by atoms with van der Waals surface area (Å²) in [5.41, 5.74) is 7.17. The molecule has 0 saturated heterocycles. The summed E-state index contributed by atoms with van der Waals surface area (Å²) in [5.74, 6) is 7.91. The van der Waals surface area contributed by atoms with Crippen molar-refractivity contribution in [2.75, 3.05) is 30.9 Å². The Balaban J connectivity index is 1.60. The van der Waals surface area contributed by atoms with Crippen LogP contribution in [0.15, 0.2) is 58.7 Å². The van der Waals surface area contributed by atoms with Crippen LogP contribution in [0.3, 0.4) is 0 Å². The molecule has 0 bridgehead atoms. The third kappa shape index (κ3) is 4.75. The SMILES string of the molecule is COc1cccc(C=NNc2nnc(NN=Cc3cccc(OC)c3)n2N)c1. The van der Waals surface area contributed by atoms with Crippen molar-refractivity contribution in [3.63, 3.8) is 0 Å². The normalized spacial score (nSPS) is 11.1. The van der Waals surface area contributed by atoms with E-state index in [2.05, 4.69) is 31.3 Å². The molecule has 3 aromatic rings. The summed E-state index contributed by atoms with van der Waals surface area (Å²) in [6.45, 7) is 0. The number of nitrogen functional groups attached to an aromatic ring is 1. The van der Waals surface area contributed by atoms with Crippen molar-refractivity contribution in [1.82, 2.24) is 14.9 Å². The second-order valence-corrected chi connectivity index (χ2v) is 5.51. The molecule has 0 aliphatic carbocycles. The van der Waals surface area contributed by atoms with E-state index < -0.39 is 0 Å². The zero-order chi connectivity index (χ0) is 19.8.